The molecule has 0 amide bonds. The summed E-state index contributed by atoms with van der Waals surface area (Å²) in [4.78, 5) is 2.14. The van der Waals surface area contributed by atoms with Crippen LogP contribution in [0.2, 0.25) is 0 Å². The van der Waals surface area contributed by atoms with E-state index < -0.39 is 0 Å². The van der Waals surface area contributed by atoms with Crippen LogP contribution >= 0.6 is 0 Å². The Morgan fingerprint density at radius 2 is 1.83 bits per heavy atom. The second kappa shape index (κ2) is 6.88. The van der Waals surface area contributed by atoms with Crippen LogP contribution in [0, 0.1) is 6.92 Å². The molecular formula is C15H26N2O. The molecule has 2 N–H and O–H groups in total. The summed E-state index contributed by atoms with van der Waals surface area (Å²) in [6.07, 6.45) is 0.875. The van der Waals surface area contributed by atoms with E-state index in [1.165, 1.54) is 5.56 Å². The van der Waals surface area contributed by atoms with Gasteiger partial charge >= 0.3 is 0 Å². The summed E-state index contributed by atoms with van der Waals surface area (Å²) in [6, 6.07) is 8.42. The molecule has 0 aliphatic heterocycles. The van der Waals surface area contributed by atoms with E-state index in [0.717, 1.165) is 25.1 Å². The maximum atomic E-state index is 9.79. The second-order valence-corrected chi connectivity index (χ2v) is 5.19. The van der Waals surface area contributed by atoms with E-state index in [9.17, 15) is 5.11 Å². The Kier molecular flexibility index (Phi) is 5.79. The van der Waals surface area contributed by atoms with Crippen LogP contribution in [0.5, 0.6) is 0 Å². The molecule has 0 spiro atoms. The molecule has 18 heavy (non-hydrogen) atoms. The fourth-order valence-electron chi connectivity index (χ4n) is 2.08. The summed E-state index contributed by atoms with van der Waals surface area (Å²) < 4.78 is 0. The van der Waals surface area contributed by atoms with Crippen LogP contribution in [0.3, 0.4) is 0 Å². The molecule has 0 fully saturated rings. The number of likely N-dealkylation sites (N-methyl/N-ethyl adjacent to an activating group) is 1. The van der Waals surface area contributed by atoms with Gasteiger partial charge in [-0.2, -0.15) is 0 Å². The smallest absolute Gasteiger partial charge is 0.0666 e. The fourth-order valence-corrected chi connectivity index (χ4v) is 2.08. The lowest BCUT2D eigenvalue weighted by molar-refractivity contribution is 0.152. The molecule has 0 aliphatic carbocycles. The van der Waals surface area contributed by atoms with Crippen LogP contribution in [0.4, 0.5) is 0 Å². The van der Waals surface area contributed by atoms with Gasteiger partial charge in [0.2, 0.25) is 0 Å². The first kappa shape index (κ1) is 15.2. The van der Waals surface area contributed by atoms with Gasteiger partial charge in [-0.05, 0) is 33.0 Å². The molecule has 1 aromatic carbocycles. The van der Waals surface area contributed by atoms with Gasteiger partial charge in [-0.15, -0.1) is 0 Å². The summed E-state index contributed by atoms with van der Waals surface area (Å²) >= 11 is 0. The minimum atomic E-state index is -0.316. The molecule has 3 nitrogen and oxygen atoms in total. The van der Waals surface area contributed by atoms with E-state index in [2.05, 4.69) is 62.4 Å². The lowest BCUT2D eigenvalue weighted by Crippen LogP contribution is -2.47. The van der Waals surface area contributed by atoms with E-state index in [4.69, 9.17) is 0 Å². The molecule has 0 saturated carbocycles. The average Bonchev–Trinajstić information content (AvgIpc) is 2.36. The van der Waals surface area contributed by atoms with Crippen LogP contribution in [0.25, 0.3) is 0 Å². The van der Waals surface area contributed by atoms with Crippen LogP contribution in [0.1, 0.15) is 24.5 Å². The summed E-state index contributed by atoms with van der Waals surface area (Å²) in [5.74, 6) is 0. The number of rotatable bonds is 7. The van der Waals surface area contributed by atoms with Crippen molar-refractivity contribution in [2.75, 3.05) is 33.8 Å². The van der Waals surface area contributed by atoms with Gasteiger partial charge in [0.05, 0.1) is 12.1 Å². The highest BCUT2D eigenvalue weighted by Crippen LogP contribution is 2.24. The second-order valence-electron chi connectivity index (χ2n) is 5.19. The van der Waals surface area contributed by atoms with Gasteiger partial charge in [0.25, 0.3) is 0 Å². The van der Waals surface area contributed by atoms with Crippen molar-refractivity contribution in [2.45, 2.75) is 25.8 Å². The molecule has 1 unspecified atom stereocenters. The highest BCUT2D eigenvalue weighted by atomic mass is 16.3. The van der Waals surface area contributed by atoms with Gasteiger partial charge in [-0.25, -0.2) is 0 Å². The number of hydrogen-bond acceptors (Lipinski definition) is 3. The Morgan fingerprint density at radius 1 is 1.22 bits per heavy atom. The van der Waals surface area contributed by atoms with Crippen molar-refractivity contribution >= 4 is 0 Å². The number of nitrogens with zero attached hydrogens (tertiary/aromatic N) is 1. The molecule has 3 heteroatoms. The first-order valence-corrected chi connectivity index (χ1v) is 6.62. The molecule has 0 aromatic heterocycles. The Balaban J connectivity index is 2.81. The van der Waals surface area contributed by atoms with Gasteiger partial charge in [0.15, 0.2) is 0 Å². The van der Waals surface area contributed by atoms with Gasteiger partial charge in [0.1, 0.15) is 0 Å². The number of aliphatic hydroxyl groups excluding tert-OH is 1. The summed E-state index contributed by atoms with van der Waals surface area (Å²) in [6.45, 7) is 6.15. The van der Waals surface area contributed by atoms with Gasteiger partial charge in [-0.3, -0.25) is 0 Å². The molecule has 1 rings (SSSR count). The topological polar surface area (TPSA) is 35.5 Å². The van der Waals surface area contributed by atoms with Crippen molar-refractivity contribution in [3.05, 3.63) is 35.4 Å². The number of benzene rings is 1. The van der Waals surface area contributed by atoms with Crippen LogP contribution in [-0.2, 0) is 5.54 Å². The third kappa shape index (κ3) is 3.80. The minimum absolute atomic E-state index is 0.125. The SMILES string of the molecule is CCC(CO)(NCCN(C)C)c1ccc(C)cc1. The molecule has 0 aliphatic rings. The zero-order chi connectivity index (χ0) is 13.6. The quantitative estimate of drug-likeness (QED) is 0.774. The molecule has 1 aromatic rings. The zero-order valence-electron chi connectivity index (χ0n) is 12.0. The largest absolute Gasteiger partial charge is 0.394 e. The highest BCUT2D eigenvalue weighted by molar-refractivity contribution is 5.28. The Morgan fingerprint density at radius 3 is 2.28 bits per heavy atom. The van der Waals surface area contributed by atoms with Crippen molar-refractivity contribution in [2.24, 2.45) is 0 Å². The standard InChI is InChI=1S/C15H26N2O/c1-5-15(12-18,16-10-11-17(3)4)14-8-6-13(2)7-9-14/h6-9,16,18H,5,10-12H2,1-4H3. The Labute approximate surface area is 111 Å². The van der Waals surface area contributed by atoms with Crippen molar-refractivity contribution < 1.29 is 5.11 Å². The van der Waals surface area contributed by atoms with Crippen LogP contribution in [0.15, 0.2) is 24.3 Å². The third-order valence-electron chi connectivity index (χ3n) is 3.50. The van der Waals surface area contributed by atoms with Crippen molar-refractivity contribution in [3.63, 3.8) is 0 Å². The fraction of sp³-hybridized carbons (Fsp3) is 0.600. The van der Waals surface area contributed by atoms with E-state index in [1.54, 1.807) is 0 Å². The van der Waals surface area contributed by atoms with E-state index in [-0.39, 0.29) is 12.1 Å². The van der Waals surface area contributed by atoms with Gasteiger partial charge in [0, 0.05) is 13.1 Å². The third-order valence-corrected chi connectivity index (χ3v) is 3.50. The maximum Gasteiger partial charge on any atom is 0.0666 e. The molecular weight excluding hydrogens is 224 g/mol. The van der Waals surface area contributed by atoms with Crippen molar-refractivity contribution in [1.82, 2.24) is 10.2 Å². The van der Waals surface area contributed by atoms with Crippen molar-refractivity contribution in [3.8, 4) is 0 Å². The summed E-state index contributed by atoms with van der Waals surface area (Å²) in [7, 11) is 4.11. The molecule has 102 valence electrons. The van der Waals surface area contributed by atoms with Crippen LogP contribution < -0.4 is 5.32 Å². The molecule has 0 heterocycles. The van der Waals surface area contributed by atoms with Crippen LogP contribution in [-0.4, -0.2) is 43.8 Å². The summed E-state index contributed by atoms with van der Waals surface area (Å²) in [5, 5.41) is 13.3. The molecule has 0 bridgehead atoms. The lowest BCUT2D eigenvalue weighted by Gasteiger charge is -2.33. The number of nitrogens with one attached hydrogen (secondary N) is 1. The Hall–Kier alpha value is -0.900. The predicted octanol–water partition coefficient (Wildman–Crippen LogP) is 1.74. The number of hydrogen-bond donors (Lipinski definition) is 2. The molecule has 1 atom stereocenters. The number of aryl methyl sites for hydroxylation is 1. The van der Waals surface area contributed by atoms with E-state index in [0.29, 0.717) is 0 Å². The first-order chi connectivity index (χ1) is 8.54. The van der Waals surface area contributed by atoms with E-state index >= 15 is 0 Å². The van der Waals surface area contributed by atoms with Gasteiger partial charge < -0.3 is 15.3 Å². The maximum absolute atomic E-state index is 9.79. The van der Waals surface area contributed by atoms with E-state index in [1.807, 2.05) is 0 Å². The highest BCUT2D eigenvalue weighted by Gasteiger charge is 2.28. The molecule has 0 radical (unpaired) electrons. The lowest BCUT2D eigenvalue weighted by atomic mass is 9.87. The Bertz CT molecular complexity index is 342. The van der Waals surface area contributed by atoms with Gasteiger partial charge in [-0.1, -0.05) is 36.8 Å². The average molecular weight is 250 g/mol. The minimum Gasteiger partial charge on any atom is -0.394 e. The monoisotopic (exact) mass is 250 g/mol. The number of aliphatic hydroxyl groups is 1. The van der Waals surface area contributed by atoms with Crippen molar-refractivity contribution in [1.29, 1.82) is 0 Å². The first-order valence-electron chi connectivity index (χ1n) is 6.62. The predicted molar refractivity (Wildman–Crippen MR) is 76.8 cm³/mol. The normalized spacial score (nSPS) is 14.8. The molecule has 0 saturated heterocycles. The zero-order valence-corrected chi connectivity index (χ0v) is 12.0. The summed E-state index contributed by atoms with van der Waals surface area (Å²) in [5.41, 5.74) is 2.09.